The molecule has 32 heavy (non-hydrogen) atoms. The molecule has 0 atom stereocenters. The summed E-state index contributed by atoms with van der Waals surface area (Å²) in [6, 6.07) is 13.7. The zero-order valence-corrected chi connectivity index (χ0v) is 19.4. The lowest BCUT2D eigenvalue weighted by molar-refractivity contribution is 0.291. The van der Waals surface area contributed by atoms with E-state index in [1.165, 1.54) is 36.8 Å². The molecule has 0 aliphatic heterocycles. The van der Waals surface area contributed by atoms with Crippen molar-refractivity contribution in [1.82, 2.24) is 0 Å². The number of unbranched alkanes of at least 4 members (excludes halogenated alkanes) is 5. The molecule has 0 amide bonds. The average molecular weight is 439 g/mol. The van der Waals surface area contributed by atoms with Crippen molar-refractivity contribution < 1.29 is 13.5 Å². The highest BCUT2D eigenvalue weighted by Gasteiger charge is 2.14. The van der Waals surface area contributed by atoms with Crippen LogP contribution in [0.4, 0.5) is 4.39 Å². The van der Waals surface area contributed by atoms with Crippen LogP contribution in [0.15, 0.2) is 51.7 Å². The van der Waals surface area contributed by atoms with Crippen LogP contribution in [0, 0.1) is 5.82 Å². The minimum Gasteiger partial charge on any atom is -0.490 e. The second-order valence-electron chi connectivity index (χ2n) is 8.52. The van der Waals surface area contributed by atoms with Crippen molar-refractivity contribution in [2.75, 3.05) is 6.61 Å². The van der Waals surface area contributed by atoms with Gasteiger partial charge in [-0.1, -0.05) is 76.3 Å². The summed E-state index contributed by atoms with van der Waals surface area (Å²) < 4.78 is 25.9. The van der Waals surface area contributed by atoms with Crippen molar-refractivity contribution in [2.24, 2.45) is 0 Å². The third-order valence-electron chi connectivity index (χ3n) is 5.89. The summed E-state index contributed by atoms with van der Waals surface area (Å²) in [5.74, 6) is 0.0665. The van der Waals surface area contributed by atoms with Crippen molar-refractivity contribution in [1.29, 1.82) is 0 Å². The van der Waals surface area contributed by atoms with Crippen LogP contribution in [0.25, 0.3) is 10.8 Å². The van der Waals surface area contributed by atoms with E-state index in [-0.39, 0.29) is 11.1 Å². The van der Waals surface area contributed by atoms with Gasteiger partial charge in [0.05, 0.1) is 6.61 Å². The van der Waals surface area contributed by atoms with E-state index in [9.17, 15) is 9.18 Å². The van der Waals surface area contributed by atoms with Gasteiger partial charge in [-0.25, -0.2) is 9.18 Å². The molecule has 0 spiro atoms. The number of benzene rings is 2. The Hall–Kier alpha value is -2.62. The third-order valence-corrected chi connectivity index (χ3v) is 5.89. The average Bonchev–Trinajstić information content (AvgIpc) is 2.80. The van der Waals surface area contributed by atoms with Gasteiger partial charge in [0.2, 0.25) is 0 Å². The molecule has 3 aromatic rings. The van der Waals surface area contributed by atoms with Crippen LogP contribution in [-0.4, -0.2) is 6.61 Å². The van der Waals surface area contributed by atoms with Crippen molar-refractivity contribution in [3.8, 4) is 5.75 Å². The molecule has 4 heteroatoms. The molecule has 0 unspecified atom stereocenters. The second-order valence-corrected chi connectivity index (χ2v) is 8.52. The summed E-state index contributed by atoms with van der Waals surface area (Å²) in [5.41, 5.74) is 1.91. The fourth-order valence-corrected chi connectivity index (χ4v) is 3.92. The van der Waals surface area contributed by atoms with Gasteiger partial charge in [0.1, 0.15) is 11.1 Å². The normalized spacial score (nSPS) is 11.2. The molecule has 0 fully saturated rings. The lowest BCUT2D eigenvalue weighted by Gasteiger charge is -2.09. The Bertz CT molecular complexity index is 1040. The van der Waals surface area contributed by atoms with Crippen LogP contribution in [0.3, 0.4) is 0 Å². The summed E-state index contributed by atoms with van der Waals surface area (Å²) >= 11 is 0. The van der Waals surface area contributed by atoms with Gasteiger partial charge in [-0.05, 0) is 54.3 Å². The maximum atomic E-state index is 14.9. The van der Waals surface area contributed by atoms with Gasteiger partial charge in [-0.15, -0.1) is 0 Å². The first-order chi connectivity index (χ1) is 15.6. The molecule has 0 radical (unpaired) electrons. The molecule has 3 rings (SSSR count). The molecule has 0 N–H and O–H groups in total. The monoisotopic (exact) mass is 438 g/mol. The van der Waals surface area contributed by atoms with E-state index in [1.807, 2.05) is 0 Å². The number of aryl methyl sites for hydroxylation is 3. The smallest absolute Gasteiger partial charge is 0.346 e. The molecule has 0 aliphatic rings. The van der Waals surface area contributed by atoms with Gasteiger partial charge in [0, 0.05) is 6.42 Å². The number of rotatable bonds is 13. The molecule has 0 bridgehead atoms. The molecule has 0 saturated heterocycles. The van der Waals surface area contributed by atoms with Crippen LogP contribution in [-0.2, 0) is 19.3 Å². The van der Waals surface area contributed by atoms with E-state index in [4.69, 9.17) is 9.15 Å². The van der Waals surface area contributed by atoms with Crippen LogP contribution >= 0.6 is 0 Å². The minimum atomic E-state index is -0.640. The van der Waals surface area contributed by atoms with Crippen molar-refractivity contribution in [3.63, 3.8) is 0 Å². The minimum absolute atomic E-state index is 0.0301. The van der Waals surface area contributed by atoms with Gasteiger partial charge in [-0.2, -0.15) is 0 Å². The fourth-order valence-electron chi connectivity index (χ4n) is 3.92. The molecule has 3 nitrogen and oxygen atoms in total. The Labute approximate surface area is 190 Å². The summed E-state index contributed by atoms with van der Waals surface area (Å²) in [5, 5.41) is 0.525. The Balaban J connectivity index is 1.63. The zero-order chi connectivity index (χ0) is 22.8. The SMILES string of the molecule is CCCCCCCOc1ccc2cc(CCc3ccc(CCCC)cc3)oc(=O)c2c1F. The molecular formula is C28H35FO3. The van der Waals surface area contributed by atoms with Crippen molar-refractivity contribution in [2.45, 2.75) is 78.1 Å². The van der Waals surface area contributed by atoms with Crippen LogP contribution in [0.5, 0.6) is 5.75 Å². The molecule has 0 saturated carbocycles. The highest BCUT2D eigenvalue weighted by atomic mass is 19.1. The maximum Gasteiger partial charge on any atom is 0.346 e. The third kappa shape index (κ3) is 6.69. The van der Waals surface area contributed by atoms with Gasteiger partial charge in [-0.3, -0.25) is 0 Å². The predicted molar refractivity (Wildman–Crippen MR) is 129 cm³/mol. The first-order valence-corrected chi connectivity index (χ1v) is 12.1. The first kappa shape index (κ1) is 24.0. The number of ether oxygens (including phenoxy) is 1. The van der Waals surface area contributed by atoms with E-state index < -0.39 is 11.4 Å². The van der Waals surface area contributed by atoms with E-state index in [0.717, 1.165) is 32.1 Å². The number of halogens is 1. The Morgan fingerprint density at radius 3 is 2.22 bits per heavy atom. The lowest BCUT2D eigenvalue weighted by atomic mass is 10.0. The number of fused-ring (bicyclic) bond motifs is 1. The maximum absolute atomic E-state index is 14.9. The Kier molecular flexibility index (Phi) is 9.33. The van der Waals surface area contributed by atoms with Gasteiger partial charge in [0.15, 0.2) is 11.6 Å². The molecule has 1 aromatic heterocycles. The first-order valence-electron chi connectivity index (χ1n) is 12.1. The Morgan fingerprint density at radius 2 is 1.50 bits per heavy atom. The highest BCUT2D eigenvalue weighted by Crippen LogP contribution is 2.25. The van der Waals surface area contributed by atoms with E-state index in [1.54, 1.807) is 18.2 Å². The largest absolute Gasteiger partial charge is 0.490 e. The van der Waals surface area contributed by atoms with Gasteiger partial charge in [0.25, 0.3) is 0 Å². The van der Waals surface area contributed by atoms with Crippen LogP contribution in [0.1, 0.15) is 75.7 Å². The predicted octanol–water partition coefficient (Wildman–Crippen LogP) is 7.41. The van der Waals surface area contributed by atoms with Crippen LogP contribution in [0.2, 0.25) is 0 Å². The zero-order valence-electron chi connectivity index (χ0n) is 19.4. The number of hydrogen-bond acceptors (Lipinski definition) is 3. The van der Waals surface area contributed by atoms with Crippen molar-refractivity contribution >= 4 is 10.8 Å². The topological polar surface area (TPSA) is 39.4 Å². The molecule has 0 aliphatic carbocycles. The molecule has 1 heterocycles. The summed E-state index contributed by atoms with van der Waals surface area (Å²) in [6.07, 6.45) is 10.4. The van der Waals surface area contributed by atoms with E-state index >= 15 is 0 Å². The fraction of sp³-hybridized carbons (Fsp3) is 0.464. The summed E-state index contributed by atoms with van der Waals surface area (Å²) in [6.45, 7) is 4.82. The van der Waals surface area contributed by atoms with E-state index in [2.05, 4.69) is 38.1 Å². The number of hydrogen-bond donors (Lipinski definition) is 0. The molecule has 2 aromatic carbocycles. The van der Waals surface area contributed by atoms with Gasteiger partial charge >= 0.3 is 5.63 Å². The highest BCUT2D eigenvalue weighted by molar-refractivity contribution is 5.83. The standard InChI is InChI=1S/C28H35FO3/c1-3-5-7-8-9-19-31-25-18-16-23-20-24(32-28(30)26(23)27(25)29)17-15-22-13-11-21(12-14-22)10-6-4-2/h11-14,16,18,20H,3-10,15,17,19H2,1-2H3. The van der Waals surface area contributed by atoms with Gasteiger partial charge < -0.3 is 9.15 Å². The van der Waals surface area contributed by atoms with E-state index in [0.29, 0.717) is 24.2 Å². The summed E-state index contributed by atoms with van der Waals surface area (Å²) in [7, 11) is 0. The molecular weight excluding hydrogens is 403 g/mol. The molecule has 172 valence electrons. The quantitative estimate of drug-likeness (QED) is 0.261. The lowest BCUT2D eigenvalue weighted by Crippen LogP contribution is -2.07. The second kappa shape index (κ2) is 12.4. The summed E-state index contributed by atoms with van der Waals surface area (Å²) in [4.78, 5) is 12.5. The van der Waals surface area contributed by atoms with Crippen molar-refractivity contribution in [3.05, 3.63) is 75.6 Å². The Morgan fingerprint density at radius 1 is 0.812 bits per heavy atom. The van der Waals surface area contributed by atoms with Crippen LogP contribution < -0.4 is 10.4 Å².